The lowest BCUT2D eigenvalue weighted by atomic mass is 10.1. The molecule has 1 aromatic rings. The van der Waals surface area contributed by atoms with Crippen molar-refractivity contribution >= 4 is 15.9 Å². The Morgan fingerprint density at radius 3 is 2.76 bits per heavy atom. The predicted octanol–water partition coefficient (Wildman–Crippen LogP) is 3.61. The van der Waals surface area contributed by atoms with E-state index in [9.17, 15) is 0 Å². The highest BCUT2D eigenvalue weighted by atomic mass is 79.9. The molecule has 1 fully saturated rings. The van der Waals surface area contributed by atoms with E-state index in [2.05, 4.69) is 21.2 Å². The van der Waals surface area contributed by atoms with Gasteiger partial charge in [0.25, 0.3) is 0 Å². The average Bonchev–Trinajstić information content (AvgIpc) is 2.84. The van der Waals surface area contributed by atoms with E-state index in [4.69, 9.17) is 4.74 Å². The first kappa shape index (κ1) is 12.9. The molecule has 0 radical (unpaired) electrons. The van der Waals surface area contributed by atoms with Gasteiger partial charge >= 0.3 is 0 Å². The summed E-state index contributed by atoms with van der Waals surface area (Å²) in [5, 5.41) is 3.48. The highest BCUT2D eigenvalue weighted by molar-refractivity contribution is 9.10. The molecule has 94 valence electrons. The van der Waals surface area contributed by atoms with Gasteiger partial charge < -0.3 is 10.1 Å². The van der Waals surface area contributed by atoms with Crippen molar-refractivity contribution in [3.05, 3.63) is 28.7 Å². The van der Waals surface area contributed by atoms with Gasteiger partial charge in [-0.25, -0.2) is 0 Å². The van der Waals surface area contributed by atoms with Crippen LogP contribution >= 0.6 is 15.9 Å². The number of halogens is 1. The quantitative estimate of drug-likeness (QED) is 0.810. The van der Waals surface area contributed by atoms with Crippen LogP contribution in [0.2, 0.25) is 0 Å². The van der Waals surface area contributed by atoms with Crippen LogP contribution in [0.5, 0.6) is 5.75 Å². The minimum absolute atomic E-state index is 0.731. The number of nitrogens with one attached hydrogen (secondary N) is 1. The zero-order valence-corrected chi connectivity index (χ0v) is 11.7. The van der Waals surface area contributed by atoms with Gasteiger partial charge in [-0.15, -0.1) is 0 Å². The van der Waals surface area contributed by atoms with Crippen molar-refractivity contribution in [1.82, 2.24) is 5.32 Å². The third kappa shape index (κ3) is 4.32. The van der Waals surface area contributed by atoms with E-state index in [0.29, 0.717) is 0 Å². The lowest BCUT2D eigenvalue weighted by Gasteiger charge is -2.11. The number of para-hydroxylation sites is 1. The summed E-state index contributed by atoms with van der Waals surface area (Å²) in [6, 6.07) is 7.98. The smallest absolute Gasteiger partial charge is 0.133 e. The van der Waals surface area contributed by atoms with Gasteiger partial charge in [0.2, 0.25) is 0 Å². The first-order valence-electron chi connectivity index (χ1n) is 6.44. The zero-order chi connectivity index (χ0) is 11.9. The van der Waals surface area contributed by atoms with Crippen molar-refractivity contribution in [2.75, 3.05) is 19.7 Å². The Balaban J connectivity index is 1.58. The van der Waals surface area contributed by atoms with E-state index in [0.717, 1.165) is 35.8 Å². The van der Waals surface area contributed by atoms with Crippen molar-refractivity contribution < 1.29 is 4.74 Å². The van der Waals surface area contributed by atoms with Crippen LogP contribution in [0, 0.1) is 5.92 Å². The maximum Gasteiger partial charge on any atom is 0.133 e. The van der Waals surface area contributed by atoms with Gasteiger partial charge in [-0.05, 0) is 53.4 Å². The highest BCUT2D eigenvalue weighted by Crippen LogP contribution is 2.24. The maximum absolute atomic E-state index is 5.69. The summed E-state index contributed by atoms with van der Waals surface area (Å²) < 4.78 is 6.72. The van der Waals surface area contributed by atoms with E-state index in [1.165, 1.54) is 25.7 Å². The molecule has 0 aliphatic heterocycles. The average molecular weight is 298 g/mol. The molecular formula is C14H20BrNO. The second kappa shape index (κ2) is 7.02. The van der Waals surface area contributed by atoms with Gasteiger partial charge in [0.1, 0.15) is 12.4 Å². The summed E-state index contributed by atoms with van der Waals surface area (Å²) in [5.74, 6) is 1.83. The summed E-state index contributed by atoms with van der Waals surface area (Å²) in [6.07, 6.45) is 5.63. The van der Waals surface area contributed by atoms with Crippen molar-refractivity contribution in [2.24, 2.45) is 5.92 Å². The maximum atomic E-state index is 5.69. The fourth-order valence-electron chi connectivity index (χ4n) is 2.32. The molecule has 0 bridgehead atoms. The van der Waals surface area contributed by atoms with Crippen molar-refractivity contribution in [1.29, 1.82) is 0 Å². The normalized spacial score (nSPS) is 16.3. The standard InChI is InChI=1S/C14H20BrNO/c15-13-7-3-4-8-14(13)17-10-9-16-11-12-5-1-2-6-12/h3-4,7-8,12,16H,1-2,5-6,9-11H2. The van der Waals surface area contributed by atoms with Gasteiger partial charge in [0.05, 0.1) is 4.47 Å². The van der Waals surface area contributed by atoms with Crippen LogP contribution in [0.4, 0.5) is 0 Å². The number of hydrogen-bond acceptors (Lipinski definition) is 2. The number of benzene rings is 1. The molecule has 2 nitrogen and oxygen atoms in total. The van der Waals surface area contributed by atoms with E-state index in [-0.39, 0.29) is 0 Å². The molecule has 0 saturated heterocycles. The third-order valence-corrected chi connectivity index (χ3v) is 3.94. The first-order valence-corrected chi connectivity index (χ1v) is 7.23. The van der Waals surface area contributed by atoms with Crippen molar-refractivity contribution in [3.63, 3.8) is 0 Å². The largest absolute Gasteiger partial charge is 0.491 e. The van der Waals surface area contributed by atoms with Gasteiger partial charge in [0, 0.05) is 6.54 Å². The fraction of sp³-hybridized carbons (Fsp3) is 0.571. The van der Waals surface area contributed by atoms with E-state index in [1.54, 1.807) is 0 Å². The summed E-state index contributed by atoms with van der Waals surface area (Å²) in [7, 11) is 0. The van der Waals surface area contributed by atoms with E-state index >= 15 is 0 Å². The second-order valence-corrected chi connectivity index (χ2v) is 5.49. The van der Waals surface area contributed by atoms with Crippen LogP contribution < -0.4 is 10.1 Å². The van der Waals surface area contributed by atoms with Crippen LogP contribution in [-0.4, -0.2) is 19.7 Å². The monoisotopic (exact) mass is 297 g/mol. The van der Waals surface area contributed by atoms with Crippen molar-refractivity contribution in [2.45, 2.75) is 25.7 Å². The number of rotatable bonds is 6. The fourth-order valence-corrected chi connectivity index (χ4v) is 2.71. The minimum Gasteiger partial charge on any atom is -0.491 e. The Morgan fingerprint density at radius 2 is 2.00 bits per heavy atom. The van der Waals surface area contributed by atoms with Gasteiger partial charge in [-0.3, -0.25) is 0 Å². The minimum atomic E-state index is 0.731. The van der Waals surface area contributed by atoms with Crippen LogP contribution in [0.15, 0.2) is 28.7 Å². The Kier molecular flexibility index (Phi) is 5.33. The molecule has 1 N–H and O–H groups in total. The first-order chi connectivity index (χ1) is 8.36. The summed E-state index contributed by atoms with van der Waals surface area (Å²) >= 11 is 3.47. The summed E-state index contributed by atoms with van der Waals surface area (Å²) in [6.45, 7) is 2.81. The molecule has 3 heteroatoms. The molecule has 0 amide bonds. The van der Waals surface area contributed by atoms with Crippen LogP contribution in [-0.2, 0) is 0 Å². The molecular weight excluding hydrogens is 278 g/mol. The highest BCUT2D eigenvalue weighted by Gasteiger charge is 2.13. The molecule has 1 saturated carbocycles. The molecule has 0 aromatic heterocycles. The Labute approximate surface area is 112 Å². The third-order valence-electron chi connectivity index (χ3n) is 3.28. The molecule has 1 aliphatic rings. The molecule has 1 aliphatic carbocycles. The van der Waals surface area contributed by atoms with Gasteiger partial charge in [0.15, 0.2) is 0 Å². The van der Waals surface area contributed by atoms with Gasteiger partial charge in [-0.1, -0.05) is 25.0 Å². The molecule has 0 unspecified atom stereocenters. The Bertz CT molecular complexity index is 337. The molecule has 0 spiro atoms. The second-order valence-electron chi connectivity index (χ2n) is 4.63. The topological polar surface area (TPSA) is 21.3 Å². The number of ether oxygens (including phenoxy) is 1. The van der Waals surface area contributed by atoms with Crippen LogP contribution in [0.1, 0.15) is 25.7 Å². The molecule has 1 aromatic carbocycles. The molecule has 2 rings (SSSR count). The molecule has 0 atom stereocenters. The number of hydrogen-bond donors (Lipinski definition) is 1. The van der Waals surface area contributed by atoms with E-state index in [1.807, 2.05) is 24.3 Å². The lowest BCUT2D eigenvalue weighted by Crippen LogP contribution is -2.26. The SMILES string of the molecule is Brc1ccccc1OCCNCC1CCCC1. The van der Waals surface area contributed by atoms with Crippen molar-refractivity contribution in [3.8, 4) is 5.75 Å². The Morgan fingerprint density at radius 1 is 1.24 bits per heavy atom. The van der Waals surface area contributed by atoms with E-state index < -0.39 is 0 Å². The van der Waals surface area contributed by atoms with Crippen LogP contribution in [0.3, 0.4) is 0 Å². The van der Waals surface area contributed by atoms with Gasteiger partial charge in [-0.2, -0.15) is 0 Å². The van der Waals surface area contributed by atoms with Crippen LogP contribution in [0.25, 0.3) is 0 Å². The lowest BCUT2D eigenvalue weighted by molar-refractivity contribution is 0.307. The molecule has 17 heavy (non-hydrogen) atoms. The zero-order valence-electron chi connectivity index (χ0n) is 10.1. The summed E-state index contributed by atoms with van der Waals surface area (Å²) in [4.78, 5) is 0. The summed E-state index contributed by atoms with van der Waals surface area (Å²) in [5.41, 5.74) is 0. The Hall–Kier alpha value is -0.540. The molecule has 0 heterocycles. The predicted molar refractivity (Wildman–Crippen MR) is 74.5 cm³/mol.